The maximum Gasteiger partial charge on any atom is 0.274 e. The van der Waals surface area contributed by atoms with Gasteiger partial charge in [0.2, 0.25) is 5.91 Å². The molecular formula is C13H16N2O4. The second kappa shape index (κ2) is 4.97. The lowest BCUT2D eigenvalue weighted by Gasteiger charge is -2.19. The Morgan fingerprint density at radius 2 is 2.11 bits per heavy atom. The van der Waals surface area contributed by atoms with Gasteiger partial charge in [0.1, 0.15) is 0 Å². The van der Waals surface area contributed by atoms with E-state index in [9.17, 15) is 14.9 Å². The number of nitro benzene ring substituents is 1. The molecule has 1 saturated heterocycles. The van der Waals surface area contributed by atoms with Gasteiger partial charge in [-0.25, -0.2) is 0 Å². The van der Waals surface area contributed by atoms with Gasteiger partial charge in [0.25, 0.3) is 5.69 Å². The van der Waals surface area contributed by atoms with E-state index < -0.39 is 4.92 Å². The Morgan fingerprint density at radius 1 is 1.42 bits per heavy atom. The van der Waals surface area contributed by atoms with E-state index in [4.69, 9.17) is 5.11 Å². The fourth-order valence-corrected chi connectivity index (χ4v) is 2.45. The number of hydrogen-bond donors (Lipinski definition) is 1. The summed E-state index contributed by atoms with van der Waals surface area (Å²) in [4.78, 5) is 24.0. The van der Waals surface area contributed by atoms with Crippen molar-refractivity contribution in [1.82, 2.24) is 0 Å². The fourth-order valence-electron chi connectivity index (χ4n) is 2.45. The van der Waals surface area contributed by atoms with Crippen LogP contribution in [-0.4, -0.2) is 29.1 Å². The Bertz CT molecular complexity index is 542. The van der Waals surface area contributed by atoms with Crippen molar-refractivity contribution in [3.8, 4) is 0 Å². The van der Waals surface area contributed by atoms with Crippen molar-refractivity contribution in [3.63, 3.8) is 0 Å². The maximum atomic E-state index is 11.9. The quantitative estimate of drug-likeness (QED) is 0.663. The van der Waals surface area contributed by atoms with Crippen molar-refractivity contribution in [3.05, 3.63) is 33.4 Å². The molecule has 1 aliphatic heterocycles. The summed E-state index contributed by atoms with van der Waals surface area (Å²) in [6.45, 7) is 3.87. The van der Waals surface area contributed by atoms with E-state index in [0.717, 1.165) is 5.56 Å². The van der Waals surface area contributed by atoms with Crippen LogP contribution in [0, 0.1) is 29.9 Å². The van der Waals surface area contributed by atoms with E-state index in [0.29, 0.717) is 17.8 Å². The van der Waals surface area contributed by atoms with Crippen molar-refractivity contribution in [2.45, 2.75) is 20.3 Å². The lowest BCUT2D eigenvalue weighted by molar-refractivity contribution is -0.385. The number of anilines is 1. The van der Waals surface area contributed by atoms with Crippen LogP contribution in [0.15, 0.2) is 12.1 Å². The van der Waals surface area contributed by atoms with Gasteiger partial charge in [0.15, 0.2) is 0 Å². The molecule has 1 aromatic carbocycles. The number of hydrogen-bond acceptors (Lipinski definition) is 4. The third kappa shape index (κ3) is 2.44. The van der Waals surface area contributed by atoms with Gasteiger partial charge >= 0.3 is 0 Å². The van der Waals surface area contributed by atoms with Crippen molar-refractivity contribution in [2.75, 3.05) is 18.1 Å². The SMILES string of the molecule is Cc1cc(C)c([N+](=O)[O-])cc1N1CC(CO)CC1=O. The van der Waals surface area contributed by atoms with Crippen molar-refractivity contribution >= 4 is 17.3 Å². The predicted octanol–water partition coefficient (Wildman–Crippen LogP) is 1.56. The van der Waals surface area contributed by atoms with Crippen molar-refractivity contribution in [2.24, 2.45) is 5.92 Å². The summed E-state index contributed by atoms with van der Waals surface area (Å²) >= 11 is 0. The number of nitro groups is 1. The van der Waals surface area contributed by atoms with Crippen LogP contribution >= 0.6 is 0 Å². The Morgan fingerprint density at radius 3 is 2.63 bits per heavy atom. The molecule has 1 unspecified atom stereocenters. The third-order valence-corrected chi connectivity index (χ3v) is 3.47. The molecule has 19 heavy (non-hydrogen) atoms. The van der Waals surface area contributed by atoms with Crippen LogP contribution in [-0.2, 0) is 4.79 Å². The highest BCUT2D eigenvalue weighted by Gasteiger charge is 2.32. The molecular weight excluding hydrogens is 248 g/mol. The molecule has 2 rings (SSSR count). The second-order valence-electron chi connectivity index (χ2n) is 4.94. The topological polar surface area (TPSA) is 83.7 Å². The molecule has 1 amide bonds. The molecule has 1 heterocycles. The molecule has 6 heteroatoms. The number of aliphatic hydroxyl groups excluding tert-OH is 1. The van der Waals surface area contributed by atoms with Crippen LogP contribution in [0.5, 0.6) is 0 Å². The zero-order chi connectivity index (χ0) is 14.2. The zero-order valence-corrected chi connectivity index (χ0v) is 10.9. The summed E-state index contributed by atoms with van der Waals surface area (Å²) in [5, 5.41) is 20.1. The number of aliphatic hydroxyl groups is 1. The molecule has 0 saturated carbocycles. The first-order valence-electron chi connectivity index (χ1n) is 6.11. The van der Waals surface area contributed by atoms with E-state index in [1.54, 1.807) is 13.0 Å². The highest BCUT2D eigenvalue weighted by atomic mass is 16.6. The summed E-state index contributed by atoms with van der Waals surface area (Å²) in [6, 6.07) is 3.16. The number of aryl methyl sites for hydroxylation is 2. The van der Waals surface area contributed by atoms with Crippen molar-refractivity contribution in [1.29, 1.82) is 0 Å². The standard InChI is InChI=1S/C13H16N2O4/c1-8-3-9(2)12(15(18)19)5-11(8)14-6-10(7-16)4-13(14)17/h3,5,10,16H,4,6-7H2,1-2H3. The Labute approximate surface area is 110 Å². The van der Waals surface area contributed by atoms with Crippen LogP contribution in [0.2, 0.25) is 0 Å². The van der Waals surface area contributed by atoms with E-state index in [2.05, 4.69) is 0 Å². The Balaban J connectivity index is 2.42. The smallest absolute Gasteiger partial charge is 0.274 e. The zero-order valence-electron chi connectivity index (χ0n) is 10.9. The first kappa shape index (κ1) is 13.5. The summed E-state index contributed by atoms with van der Waals surface area (Å²) in [6.07, 6.45) is 0.289. The summed E-state index contributed by atoms with van der Waals surface area (Å²) in [5.41, 5.74) is 1.99. The largest absolute Gasteiger partial charge is 0.396 e. The molecule has 1 aromatic rings. The maximum absolute atomic E-state index is 11.9. The Kier molecular flexibility index (Phi) is 3.53. The van der Waals surface area contributed by atoms with Crippen LogP contribution in [0.1, 0.15) is 17.5 Å². The Hall–Kier alpha value is -1.95. The van der Waals surface area contributed by atoms with Gasteiger partial charge in [-0.15, -0.1) is 0 Å². The second-order valence-corrected chi connectivity index (χ2v) is 4.94. The first-order valence-corrected chi connectivity index (χ1v) is 6.11. The van der Waals surface area contributed by atoms with E-state index in [1.807, 2.05) is 6.92 Å². The summed E-state index contributed by atoms with van der Waals surface area (Å²) in [7, 11) is 0. The molecule has 1 fully saturated rings. The van der Waals surface area contributed by atoms with E-state index >= 15 is 0 Å². The average Bonchev–Trinajstić information content (AvgIpc) is 2.70. The van der Waals surface area contributed by atoms with E-state index in [-0.39, 0.29) is 30.5 Å². The monoisotopic (exact) mass is 264 g/mol. The molecule has 1 atom stereocenters. The van der Waals surface area contributed by atoms with Gasteiger partial charge in [-0.2, -0.15) is 0 Å². The normalized spacial score (nSPS) is 19.0. The highest BCUT2D eigenvalue weighted by Crippen LogP contribution is 2.32. The van der Waals surface area contributed by atoms with Gasteiger partial charge in [0.05, 0.1) is 10.6 Å². The molecule has 0 aliphatic carbocycles. The molecule has 0 aromatic heterocycles. The molecule has 0 radical (unpaired) electrons. The van der Waals surface area contributed by atoms with Gasteiger partial charge in [-0.05, 0) is 25.5 Å². The van der Waals surface area contributed by atoms with Gasteiger partial charge in [-0.3, -0.25) is 14.9 Å². The predicted molar refractivity (Wildman–Crippen MR) is 70.1 cm³/mol. The first-order chi connectivity index (χ1) is 8.93. The number of rotatable bonds is 3. The van der Waals surface area contributed by atoms with Crippen LogP contribution < -0.4 is 4.90 Å². The van der Waals surface area contributed by atoms with E-state index in [1.165, 1.54) is 11.0 Å². The van der Waals surface area contributed by atoms with Crippen LogP contribution in [0.4, 0.5) is 11.4 Å². The summed E-state index contributed by atoms with van der Waals surface area (Å²) in [5.74, 6) is -0.187. The number of carbonyl (C=O) groups is 1. The molecule has 102 valence electrons. The number of amides is 1. The summed E-state index contributed by atoms with van der Waals surface area (Å²) < 4.78 is 0. The highest BCUT2D eigenvalue weighted by molar-refractivity contribution is 5.96. The number of carbonyl (C=O) groups excluding carboxylic acids is 1. The van der Waals surface area contributed by atoms with Gasteiger partial charge in [-0.1, -0.05) is 0 Å². The van der Waals surface area contributed by atoms with Gasteiger partial charge < -0.3 is 10.0 Å². The molecule has 1 N–H and O–H groups in total. The average molecular weight is 264 g/mol. The molecule has 1 aliphatic rings. The lowest BCUT2D eigenvalue weighted by Crippen LogP contribution is -2.25. The van der Waals surface area contributed by atoms with Crippen LogP contribution in [0.3, 0.4) is 0 Å². The minimum absolute atomic E-state index is 0.0147. The fraction of sp³-hybridized carbons (Fsp3) is 0.462. The minimum Gasteiger partial charge on any atom is -0.396 e. The van der Waals surface area contributed by atoms with Crippen LogP contribution in [0.25, 0.3) is 0 Å². The number of nitrogens with zero attached hydrogens (tertiary/aromatic N) is 2. The van der Waals surface area contributed by atoms with Gasteiger partial charge in [0, 0.05) is 37.1 Å². The lowest BCUT2D eigenvalue weighted by atomic mass is 10.1. The molecule has 0 spiro atoms. The third-order valence-electron chi connectivity index (χ3n) is 3.47. The molecule has 6 nitrogen and oxygen atoms in total. The minimum atomic E-state index is -0.442. The number of benzene rings is 1. The van der Waals surface area contributed by atoms with Crippen molar-refractivity contribution < 1.29 is 14.8 Å². The molecule has 0 bridgehead atoms.